The van der Waals surface area contributed by atoms with E-state index in [-0.39, 0.29) is 11.3 Å². The number of hydrogen-bond donors (Lipinski definition) is 4. The van der Waals surface area contributed by atoms with Crippen LogP contribution in [-0.4, -0.2) is 51.3 Å². The number of para-hydroxylation sites is 1. The van der Waals surface area contributed by atoms with Crippen LogP contribution in [-0.2, 0) is 14.3 Å². The zero-order chi connectivity index (χ0) is 28.0. The maximum Gasteiger partial charge on any atom is 0.408 e. The van der Waals surface area contributed by atoms with Crippen LogP contribution in [0, 0.1) is 19.4 Å². The third-order valence-electron chi connectivity index (χ3n) is 5.64. The first-order chi connectivity index (χ1) is 17.9. The number of fused-ring (bicyclic) bond motifs is 1. The van der Waals surface area contributed by atoms with Crippen molar-refractivity contribution >= 4 is 34.4 Å². The Hall–Kier alpha value is -4.55. The molecule has 9 heteroatoms. The fourth-order valence-corrected chi connectivity index (χ4v) is 3.85. The molecular formula is C29H31N3O6. The van der Waals surface area contributed by atoms with Crippen molar-refractivity contribution in [3.63, 3.8) is 0 Å². The molecule has 0 aliphatic carbocycles. The summed E-state index contributed by atoms with van der Waals surface area (Å²) in [6.07, 6.45) is 4.75. The number of aromatic hydroxyl groups is 1. The van der Waals surface area contributed by atoms with Crippen LogP contribution < -0.4 is 10.6 Å². The van der Waals surface area contributed by atoms with Gasteiger partial charge in [-0.25, -0.2) is 4.79 Å². The van der Waals surface area contributed by atoms with E-state index in [0.29, 0.717) is 11.3 Å². The number of aryl methyl sites for hydroxylation is 1. The van der Waals surface area contributed by atoms with Crippen LogP contribution in [0.1, 0.15) is 37.9 Å². The van der Waals surface area contributed by atoms with Gasteiger partial charge in [0.2, 0.25) is 0 Å². The molecule has 0 radical (unpaired) electrons. The second-order valence-corrected chi connectivity index (χ2v) is 9.69. The molecule has 4 N–H and O–H groups in total. The smallest absolute Gasteiger partial charge is 0.408 e. The number of amides is 3. The SMILES string of the molecule is C#CN(C(=O)C(CO)NC(=O)OC(C)(C)C)C(C(=O)Nc1ccc2ccccc2c1)c1cccc(C)c1O. The van der Waals surface area contributed by atoms with Gasteiger partial charge in [-0.05, 0) is 56.2 Å². The standard InChI is InChI=1S/C29H31N3O6/c1-6-32(27(36)23(17-33)31-28(37)38-29(3,4)5)24(22-13-9-10-18(2)25(22)34)26(35)30-21-15-14-19-11-7-8-12-20(19)16-21/h1,7-16,23-24,33-34H,17H2,2-5H3,(H,30,35)(H,31,37). The van der Waals surface area contributed by atoms with Gasteiger partial charge in [0, 0.05) is 17.3 Å². The van der Waals surface area contributed by atoms with Gasteiger partial charge in [-0.2, -0.15) is 0 Å². The Kier molecular flexibility index (Phi) is 8.61. The number of carbonyl (C=O) groups is 3. The molecule has 0 bridgehead atoms. The summed E-state index contributed by atoms with van der Waals surface area (Å²) in [4.78, 5) is 40.1. The molecule has 0 aliphatic heterocycles. The second-order valence-electron chi connectivity index (χ2n) is 9.69. The van der Waals surface area contributed by atoms with Crippen molar-refractivity contribution in [2.75, 3.05) is 11.9 Å². The van der Waals surface area contributed by atoms with Gasteiger partial charge in [0.1, 0.15) is 17.4 Å². The molecule has 3 amide bonds. The molecule has 3 aromatic rings. The molecule has 0 saturated carbocycles. The number of terminal acetylenes is 1. The van der Waals surface area contributed by atoms with Crippen molar-refractivity contribution in [1.82, 2.24) is 10.2 Å². The number of aliphatic hydroxyl groups excluding tert-OH is 1. The lowest BCUT2D eigenvalue weighted by Crippen LogP contribution is -2.52. The molecular weight excluding hydrogens is 486 g/mol. The molecule has 3 rings (SSSR count). The van der Waals surface area contributed by atoms with Crippen molar-refractivity contribution in [3.8, 4) is 18.2 Å². The first-order valence-electron chi connectivity index (χ1n) is 11.9. The predicted molar refractivity (Wildman–Crippen MR) is 144 cm³/mol. The summed E-state index contributed by atoms with van der Waals surface area (Å²) in [5, 5.41) is 27.6. The summed E-state index contributed by atoms with van der Waals surface area (Å²) in [5.41, 5.74) is 0.125. The summed E-state index contributed by atoms with van der Waals surface area (Å²) in [6, 6.07) is 16.8. The first-order valence-corrected chi connectivity index (χ1v) is 11.9. The molecule has 198 valence electrons. The molecule has 0 saturated heterocycles. The minimum absolute atomic E-state index is 0.0727. The molecule has 0 heterocycles. The van der Waals surface area contributed by atoms with Crippen molar-refractivity contribution in [3.05, 3.63) is 71.8 Å². The average Bonchev–Trinajstić information content (AvgIpc) is 2.86. The second kappa shape index (κ2) is 11.7. The van der Waals surface area contributed by atoms with Crippen LogP contribution in [0.15, 0.2) is 60.7 Å². The highest BCUT2D eigenvalue weighted by Gasteiger charge is 2.37. The number of alkyl carbamates (subject to hydrolysis) is 1. The van der Waals surface area contributed by atoms with Crippen molar-refractivity contribution in [2.24, 2.45) is 0 Å². The Morgan fingerprint density at radius 1 is 1.05 bits per heavy atom. The highest BCUT2D eigenvalue weighted by molar-refractivity contribution is 6.01. The van der Waals surface area contributed by atoms with Gasteiger partial charge in [0.25, 0.3) is 11.8 Å². The van der Waals surface area contributed by atoms with E-state index in [9.17, 15) is 24.6 Å². The summed E-state index contributed by atoms with van der Waals surface area (Å²) in [5.74, 6) is -1.87. The van der Waals surface area contributed by atoms with E-state index in [1.807, 2.05) is 30.3 Å². The van der Waals surface area contributed by atoms with Crippen LogP contribution in [0.5, 0.6) is 5.75 Å². The quantitative estimate of drug-likeness (QED) is 0.279. The van der Waals surface area contributed by atoms with Crippen LogP contribution in [0.25, 0.3) is 10.8 Å². The number of anilines is 1. The van der Waals surface area contributed by atoms with Crippen molar-refractivity contribution in [2.45, 2.75) is 45.4 Å². The monoisotopic (exact) mass is 517 g/mol. The number of phenols is 1. The average molecular weight is 518 g/mol. The zero-order valence-corrected chi connectivity index (χ0v) is 21.7. The van der Waals surface area contributed by atoms with Crippen molar-refractivity contribution in [1.29, 1.82) is 0 Å². The normalized spacial score (nSPS) is 12.6. The molecule has 2 unspecified atom stereocenters. The Bertz CT molecular complexity index is 1390. The topological polar surface area (TPSA) is 128 Å². The maximum absolute atomic E-state index is 13.7. The Labute approximate surface area is 221 Å². The fourth-order valence-electron chi connectivity index (χ4n) is 3.85. The van der Waals surface area contributed by atoms with E-state index < -0.39 is 42.2 Å². The molecule has 0 fully saturated rings. The molecule has 38 heavy (non-hydrogen) atoms. The van der Waals surface area contributed by atoms with Gasteiger partial charge in [0.05, 0.1) is 6.61 Å². The van der Waals surface area contributed by atoms with Crippen LogP contribution in [0.4, 0.5) is 10.5 Å². The van der Waals surface area contributed by atoms with Gasteiger partial charge < -0.3 is 25.6 Å². The number of nitrogens with zero attached hydrogens (tertiary/aromatic N) is 1. The number of benzene rings is 3. The minimum Gasteiger partial charge on any atom is -0.507 e. The number of nitrogens with one attached hydrogen (secondary N) is 2. The number of hydrogen-bond acceptors (Lipinski definition) is 6. The summed E-state index contributed by atoms with van der Waals surface area (Å²) < 4.78 is 5.17. The summed E-state index contributed by atoms with van der Waals surface area (Å²) in [6.45, 7) is 5.76. The first kappa shape index (κ1) is 28.0. The number of rotatable bonds is 7. The molecule has 0 aromatic heterocycles. The predicted octanol–water partition coefficient (Wildman–Crippen LogP) is 3.84. The van der Waals surface area contributed by atoms with Gasteiger partial charge in [0.15, 0.2) is 6.04 Å². The van der Waals surface area contributed by atoms with Crippen LogP contribution in [0.3, 0.4) is 0 Å². The molecule has 2 atom stereocenters. The molecule has 3 aromatic carbocycles. The minimum atomic E-state index is -1.51. The van der Waals surface area contributed by atoms with E-state index in [0.717, 1.165) is 15.7 Å². The lowest BCUT2D eigenvalue weighted by atomic mass is 9.99. The van der Waals surface area contributed by atoms with Gasteiger partial charge in [-0.3, -0.25) is 14.5 Å². The summed E-state index contributed by atoms with van der Waals surface area (Å²) in [7, 11) is 0. The zero-order valence-electron chi connectivity index (χ0n) is 21.7. The van der Waals surface area contributed by atoms with Crippen molar-refractivity contribution < 1.29 is 29.3 Å². The third kappa shape index (κ3) is 6.60. The van der Waals surface area contributed by atoms with E-state index >= 15 is 0 Å². The lowest BCUT2D eigenvalue weighted by Gasteiger charge is -2.30. The Morgan fingerprint density at radius 3 is 2.37 bits per heavy atom. The van der Waals surface area contributed by atoms with Crippen LogP contribution in [0.2, 0.25) is 0 Å². The lowest BCUT2D eigenvalue weighted by molar-refractivity contribution is -0.137. The number of aliphatic hydroxyl groups is 1. The third-order valence-corrected chi connectivity index (χ3v) is 5.64. The van der Waals surface area contributed by atoms with E-state index in [1.54, 1.807) is 52.0 Å². The van der Waals surface area contributed by atoms with Gasteiger partial charge in [-0.15, -0.1) is 0 Å². The highest BCUT2D eigenvalue weighted by Crippen LogP contribution is 2.33. The van der Waals surface area contributed by atoms with Gasteiger partial charge >= 0.3 is 6.09 Å². The molecule has 0 spiro atoms. The Balaban J connectivity index is 1.98. The number of ether oxygens (including phenoxy) is 1. The van der Waals surface area contributed by atoms with E-state index in [1.165, 1.54) is 6.07 Å². The van der Waals surface area contributed by atoms with Gasteiger partial charge in [-0.1, -0.05) is 55.0 Å². The van der Waals surface area contributed by atoms with E-state index in [4.69, 9.17) is 11.2 Å². The maximum atomic E-state index is 13.7. The fraction of sp³-hybridized carbons (Fsp3) is 0.276. The number of phenolic OH excluding ortho intramolecular Hbond substituents is 1. The summed E-state index contributed by atoms with van der Waals surface area (Å²) >= 11 is 0. The molecule has 0 aliphatic rings. The molecule has 9 nitrogen and oxygen atoms in total. The number of carbonyl (C=O) groups excluding carboxylic acids is 3. The largest absolute Gasteiger partial charge is 0.507 e. The Morgan fingerprint density at radius 2 is 1.74 bits per heavy atom. The highest BCUT2D eigenvalue weighted by atomic mass is 16.6. The van der Waals surface area contributed by atoms with E-state index in [2.05, 4.69) is 16.7 Å². The van der Waals surface area contributed by atoms with Crippen LogP contribution >= 0.6 is 0 Å².